The summed E-state index contributed by atoms with van der Waals surface area (Å²) >= 11 is 0. The molecule has 2 nitrogen and oxygen atoms in total. The molecule has 0 spiro atoms. The lowest BCUT2D eigenvalue weighted by atomic mass is 9.43. The zero-order chi connectivity index (χ0) is 13.4. The predicted molar refractivity (Wildman–Crippen MR) is 78.9 cm³/mol. The second-order valence-electron chi connectivity index (χ2n) is 5.71. The fourth-order valence-corrected chi connectivity index (χ4v) is 2.98. The highest BCUT2D eigenvalue weighted by Crippen LogP contribution is 2.37. The van der Waals surface area contributed by atoms with E-state index in [-0.39, 0.29) is 18.4 Å². The molecule has 2 aliphatic rings. The molecule has 0 saturated heterocycles. The minimum atomic E-state index is 0.217. The van der Waals surface area contributed by atoms with Crippen molar-refractivity contribution in [2.75, 3.05) is 0 Å². The first-order valence-electron chi connectivity index (χ1n) is 7.30. The van der Waals surface area contributed by atoms with Crippen molar-refractivity contribution in [3.8, 4) is 5.75 Å². The van der Waals surface area contributed by atoms with Crippen LogP contribution in [0.25, 0.3) is 5.57 Å². The van der Waals surface area contributed by atoms with Gasteiger partial charge in [-0.2, -0.15) is 0 Å². The van der Waals surface area contributed by atoms with Crippen LogP contribution in [0.5, 0.6) is 5.75 Å². The molecule has 3 heteroatoms. The third kappa shape index (κ3) is 2.22. The maximum Gasteiger partial charge on any atom is 0.207 e. The zero-order valence-electron chi connectivity index (χ0n) is 11.4. The van der Waals surface area contributed by atoms with Gasteiger partial charge in [-0.3, -0.25) is 4.79 Å². The lowest BCUT2D eigenvalue weighted by Gasteiger charge is -2.09. The first kappa shape index (κ1) is 12.5. The van der Waals surface area contributed by atoms with E-state index < -0.39 is 0 Å². The summed E-state index contributed by atoms with van der Waals surface area (Å²) in [5.74, 6) is 2.96. The SMILES string of the molecule is CCCCB1C=C(C(=O)C2CC2)c2cccc(O)c21. The van der Waals surface area contributed by atoms with Crippen LogP contribution in [0.15, 0.2) is 24.2 Å². The van der Waals surface area contributed by atoms with Crippen molar-refractivity contribution in [2.45, 2.75) is 38.9 Å². The number of phenols is 1. The van der Waals surface area contributed by atoms with Gasteiger partial charge in [0.2, 0.25) is 6.71 Å². The Bertz CT molecular complexity index is 544. The summed E-state index contributed by atoms with van der Waals surface area (Å²) in [5, 5.41) is 10.1. The highest BCUT2D eigenvalue weighted by molar-refractivity contribution is 6.83. The molecule has 1 fully saturated rings. The first-order chi connectivity index (χ1) is 9.22. The van der Waals surface area contributed by atoms with Crippen molar-refractivity contribution in [3.63, 3.8) is 0 Å². The molecular weight excluding hydrogens is 235 g/mol. The first-order valence-corrected chi connectivity index (χ1v) is 7.30. The van der Waals surface area contributed by atoms with Gasteiger partial charge in [0.1, 0.15) is 5.75 Å². The van der Waals surface area contributed by atoms with E-state index in [1.54, 1.807) is 6.07 Å². The lowest BCUT2D eigenvalue weighted by molar-refractivity contribution is -0.114. The van der Waals surface area contributed by atoms with Crippen LogP contribution in [-0.2, 0) is 4.79 Å². The maximum absolute atomic E-state index is 12.4. The Morgan fingerprint density at radius 2 is 2.21 bits per heavy atom. The summed E-state index contributed by atoms with van der Waals surface area (Å²) in [6, 6.07) is 5.55. The standard InChI is InChI=1S/C16H19BO2/c1-2-3-9-17-10-13(16(19)11-7-8-11)12-5-4-6-14(18)15(12)17/h4-6,10-11,18H,2-3,7-9H2,1H3. The summed E-state index contributed by atoms with van der Waals surface area (Å²) in [6.45, 7) is 2.38. The number of fused-ring (bicyclic) bond motifs is 1. The minimum Gasteiger partial charge on any atom is -0.508 e. The molecule has 0 atom stereocenters. The van der Waals surface area contributed by atoms with Crippen LogP contribution in [0.2, 0.25) is 6.32 Å². The van der Waals surface area contributed by atoms with Crippen LogP contribution in [0.3, 0.4) is 0 Å². The van der Waals surface area contributed by atoms with Gasteiger partial charge in [-0.05, 0) is 29.9 Å². The van der Waals surface area contributed by atoms with E-state index in [2.05, 4.69) is 12.9 Å². The quantitative estimate of drug-likeness (QED) is 0.820. The molecule has 0 bridgehead atoms. The van der Waals surface area contributed by atoms with E-state index in [4.69, 9.17) is 0 Å². The monoisotopic (exact) mass is 254 g/mol. The fourth-order valence-electron chi connectivity index (χ4n) is 2.98. The molecule has 98 valence electrons. The Labute approximate surface area is 114 Å². The smallest absolute Gasteiger partial charge is 0.207 e. The molecule has 3 rings (SSSR count). The van der Waals surface area contributed by atoms with Crippen molar-refractivity contribution in [1.82, 2.24) is 0 Å². The highest BCUT2D eigenvalue weighted by atomic mass is 16.3. The third-order valence-corrected chi connectivity index (χ3v) is 4.19. The molecule has 0 unspecified atom stereocenters. The van der Waals surface area contributed by atoms with Gasteiger partial charge in [0.15, 0.2) is 5.78 Å². The number of benzene rings is 1. The molecule has 1 heterocycles. The van der Waals surface area contributed by atoms with Crippen LogP contribution in [0.1, 0.15) is 38.2 Å². The van der Waals surface area contributed by atoms with E-state index in [1.165, 1.54) is 0 Å². The molecular formula is C16H19BO2. The number of allylic oxidation sites excluding steroid dienone is 1. The van der Waals surface area contributed by atoms with Gasteiger partial charge in [-0.1, -0.05) is 44.2 Å². The molecule has 0 aromatic heterocycles. The summed E-state index contributed by atoms with van der Waals surface area (Å²) in [7, 11) is 0. The molecule has 1 aliphatic heterocycles. The number of carbonyl (C=O) groups is 1. The summed E-state index contributed by atoms with van der Waals surface area (Å²) in [5.41, 5.74) is 2.80. The second kappa shape index (κ2) is 4.88. The average molecular weight is 254 g/mol. The van der Waals surface area contributed by atoms with Gasteiger partial charge in [-0.15, -0.1) is 0 Å². The van der Waals surface area contributed by atoms with Gasteiger partial charge in [0, 0.05) is 11.5 Å². The summed E-state index contributed by atoms with van der Waals surface area (Å²) in [6.07, 6.45) is 5.34. The van der Waals surface area contributed by atoms with E-state index >= 15 is 0 Å². The van der Waals surface area contributed by atoms with E-state index in [1.807, 2.05) is 12.1 Å². The number of ketones is 1. The molecule has 0 amide bonds. The predicted octanol–water partition coefficient (Wildman–Crippen LogP) is 2.81. The maximum atomic E-state index is 12.4. The molecule has 1 aromatic carbocycles. The van der Waals surface area contributed by atoms with Crippen LogP contribution >= 0.6 is 0 Å². The van der Waals surface area contributed by atoms with Crippen molar-refractivity contribution in [2.24, 2.45) is 5.92 Å². The van der Waals surface area contributed by atoms with E-state index in [0.29, 0.717) is 5.75 Å². The molecule has 1 saturated carbocycles. The number of aromatic hydroxyl groups is 1. The van der Waals surface area contributed by atoms with Gasteiger partial charge in [0.05, 0.1) is 0 Å². The topological polar surface area (TPSA) is 37.3 Å². The summed E-state index contributed by atoms with van der Waals surface area (Å²) < 4.78 is 0. The number of hydrogen-bond acceptors (Lipinski definition) is 2. The van der Waals surface area contributed by atoms with Crippen LogP contribution in [0.4, 0.5) is 0 Å². The van der Waals surface area contributed by atoms with Crippen molar-refractivity contribution >= 4 is 23.5 Å². The normalized spacial score (nSPS) is 17.3. The number of rotatable bonds is 5. The Balaban J connectivity index is 1.97. The highest BCUT2D eigenvalue weighted by Gasteiger charge is 2.37. The Morgan fingerprint density at radius 1 is 1.42 bits per heavy atom. The zero-order valence-corrected chi connectivity index (χ0v) is 11.4. The molecule has 1 aromatic rings. The molecule has 1 aliphatic carbocycles. The third-order valence-electron chi connectivity index (χ3n) is 4.19. The fraction of sp³-hybridized carbons (Fsp3) is 0.438. The average Bonchev–Trinajstić information content (AvgIpc) is 3.18. The molecule has 1 N–H and O–H groups in total. The minimum absolute atomic E-state index is 0.217. The van der Waals surface area contributed by atoms with Crippen LogP contribution in [0, 0.1) is 5.92 Å². The Morgan fingerprint density at radius 3 is 2.89 bits per heavy atom. The van der Waals surface area contributed by atoms with E-state index in [9.17, 15) is 9.90 Å². The Hall–Kier alpha value is -1.51. The van der Waals surface area contributed by atoms with Gasteiger partial charge >= 0.3 is 0 Å². The van der Waals surface area contributed by atoms with Gasteiger partial charge in [-0.25, -0.2) is 0 Å². The number of carbonyl (C=O) groups excluding carboxylic acids is 1. The summed E-state index contributed by atoms with van der Waals surface area (Å²) in [4.78, 5) is 12.4. The molecule has 19 heavy (non-hydrogen) atoms. The van der Waals surface area contributed by atoms with E-state index in [0.717, 1.165) is 48.6 Å². The number of phenolic OH excluding ortho intramolecular Hbond substituents is 1. The molecule has 0 radical (unpaired) electrons. The largest absolute Gasteiger partial charge is 0.508 e. The van der Waals surface area contributed by atoms with Crippen LogP contribution < -0.4 is 5.46 Å². The lowest BCUT2D eigenvalue weighted by Crippen LogP contribution is -2.26. The van der Waals surface area contributed by atoms with Crippen molar-refractivity contribution in [3.05, 3.63) is 29.7 Å². The van der Waals surface area contributed by atoms with Crippen molar-refractivity contribution < 1.29 is 9.90 Å². The Kier molecular flexibility index (Phi) is 3.22. The van der Waals surface area contributed by atoms with Crippen molar-refractivity contribution in [1.29, 1.82) is 0 Å². The van der Waals surface area contributed by atoms with Crippen LogP contribution in [-0.4, -0.2) is 17.6 Å². The number of Topliss-reactive ketones (excluding diaryl/α,β-unsaturated/α-hetero) is 1. The second-order valence-corrected chi connectivity index (χ2v) is 5.71. The van der Waals surface area contributed by atoms with Gasteiger partial charge < -0.3 is 5.11 Å². The number of hydrogen-bond donors (Lipinski definition) is 1. The number of unbranched alkanes of at least 4 members (excludes halogenated alkanes) is 1. The van der Waals surface area contributed by atoms with Gasteiger partial charge in [0.25, 0.3) is 0 Å².